The number of nitrogens with zero attached hydrogens (tertiary/aromatic N) is 1. The van der Waals surface area contributed by atoms with Crippen molar-refractivity contribution >= 4 is 41.8 Å². The van der Waals surface area contributed by atoms with Crippen LogP contribution in [0.1, 0.15) is 31.8 Å². The second kappa shape index (κ2) is 13.6. The molecule has 0 aliphatic carbocycles. The summed E-state index contributed by atoms with van der Waals surface area (Å²) in [6, 6.07) is 15.0. The second-order valence-electron chi connectivity index (χ2n) is 6.39. The molecule has 0 aromatic heterocycles. The van der Waals surface area contributed by atoms with Crippen LogP contribution in [0.15, 0.2) is 53.5 Å². The van der Waals surface area contributed by atoms with Crippen molar-refractivity contribution in [3.63, 3.8) is 0 Å². The SMILES string of the molecule is CN=C(NCCc1ccc(C(=O)OC)cc1)NCCc1cccc(C(=O)NC)c1.I. The van der Waals surface area contributed by atoms with Gasteiger partial charge in [-0.3, -0.25) is 9.79 Å². The van der Waals surface area contributed by atoms with Gasteiger partial charge in [0, 0.05) is 32.7 Å². The van der Waals surface area contributed by atoms with Crippen LogP contribution in [0.25, 0.3) is 0 Å². The smallest absolute Gasteiger partial charge is 0.337 e. The van der Waals surface area contributed by atoms with Gasteiger partial charge in [0.25, 0.3) is 5.91 Å². The topological polar surface area (TPSA) is 91.8 Å². The van der Waals surface area contributed by atoms with Gasteiger partial charge in [0.15, 0.2) is 5.96 Å². The maximum absolute atomic E-state index is 11.7. The molecule has 8 heteroatoms. The maximum Gasteiger partial charge on any atom is 0.337 e. The van der Waals surface area contributed by atoms with Gasteiger partial charge in [-0.05, 0) is 48.2 Å². The first-order valence-electron chi connectivity index (χ1n) is 9.50. The average Bonchev–Trinajstić information content (AvgIpc) is 2.77. The number of hydrogen-bond donors (Lipinski definition) is 3. The van der Waals surface area contributed by atoms with Crippen LogP contribution >= 0.6 is 24.0 Å². The highest BCUT2D eigenvalue weighted by molar-refractivity contribution is 14.0. The van der Waals surface area contributed by atoms with Crippen molar-refractivity contribution in [2.24, 2.45) is 4.99 Å². The highest BCUT2D eigenvalue weighted by atomic mass is 127. The molecule has 2 aromatic rings. The molecule has 0 unspecified atom stereocenters. The summed E-state index contributed by atoms with van der Waals surface area (Å²) in [5.41, 5.74) is 3.40. The second-order valence-corrected chi connectivity index (χ2v) is 6.39. The van der Waals surface area contributed by atoms with E-state index in [1.165, 1.54) is 7.11 Å². The lowest BCUT2D eigenvalue weighted by Gasteiger charge is -2.12. The van der Waals surface area contributed by atoms with Crippen LogP contribution in [0, 0.1) is 0 Å². The zero-order valence-corrected chi connectivity index (χ0v) is 19.9. The molecule has 0 fully saturated rings. The predicted octanol–water partition coefficient (Wildman–Crippen LogP) is 2.40. The van der Waals surface area contributed by atoms with E-state index in [1.54, 1.807) is 32.3 Å². The van der Waals surface area contributed by atoms with E-state index in [-0.39, 0.29) is 35.9 Å². The Morgan fingerprint density at radius 3 is 2.13 bits per heavy atom. The van der Waals surface area contributed by atoms with E-state index in [2.05, 4.69) is 20.9 Å². The third-order valence-corrected chi connectivity index (χ3v) is 4.43. The lowest BCUT2D eigenvalue weighted by molar-refractivity contribution is 0.0600. The Morgan fingerprint density at radius 1 is 0.933 bits per heavy atom. The van der Waals surface area contributed by atoms with Crippen LogP contribution < -0.4 is 16.0 Å². The van der Waals surface area contributed by atoms with Gasteiger partial charge in [-0.15, -0.1) is 24.0 Å². The molecular formula is C22H29IN4O3. The normalized spacial score (nSPS) is 10.6. The molecule has 1 amide bonds. The summed E-state index contributed by atoms with van der Waals surface area (Å²) in [7, 11) is 4.73. The molecule has 0 saturated carbocycles. The minimum absolute atomic E-state index is 0. The fraction of sp³-hybridized carbons (Fsp3) is 0.318. The maximum atomic E-state index is 11.7. The number of benzene rings is 2. The Hall–Kier alpha value is -2.62. The van der Waals surface area contributed by atoms with Gasteiger partial charge in [-0.1, -0.05) is 24.3 Å². The van der Waals surface area contributed by atoms with E-state index in [1.807, 2.05) is 30.3 Å². The predicted molar refractivity (Wildman–Crippen MR) is 130 cm³/mol. The summed E-state index contributed by atoms with van der Waals surface area (Å²) in [5, 5.41) is 9.18. The zero-order valence-electron chi connectivity index (χ0n) is 17.5. The van der Waals surface area contributed by atoms with Gasteiger partial charge in [-0.2, -0.15) is 0 Å². The molecular weight excluding hydrogens is 495 g/mol. The number of nitrogens with one attached hydrogen (secondary N) is 3. The third kappa shape index (κ3) is 8.02. The Kier molecular flexibility index (Phi) is 11.5. The summed E-state index contributed by atoms with van der Waals surface area (Å²) < 4.78 is 4.70. The standard InChI is InChI=1S/C22H28N4O3.HI/c1-23-20(27)19-6-4-5-17(15-19)12-14-26-22(24-2)25-13-11-16-7-9-18(10-8-16)21(28)29-3;/h4-10,15H,11-14H2,1-3H3,(H,23,27)(H2,24,25,26);1H. The van der Waals surface area contributed by atoms with Crippen molar-refractivity contribution in [3.8, 4) is 0 Å². The lowest BCUT2D eigenvalue weighted by Crippen LogP contribution is -2.39. The number of carbonyl (C=O) groups is 2. The third-order valence-electron chi connectivity index (χ3n) is 4.43. The van der Waals surface area contributed by atoms with E-state index >= 15 is 0 Å². The molecule has 162 valence electrons. The van der Waals surface area contributed by atoms with Crippen LogP contribution in [0.4, 0.5) is 0 Å². The molecule has 2 aromatic carbocycles. The first-order chi connectivity index (χ1) is 14.1. The largest absolute Gasteiger partial charge is 0.465 e. The van der Waals surface area contributed by atoms with Crippen LogP contribution in [0.2, 0.25) is 0 Å². The number of hydrogen-bond acceptors (Lipinski definition) is 4. The van der Waals surface area contributed by atoms with Crippen LogP contribution in [0.3, 0.4) is 0 Å². The van der Waals surface area contributed by atoms with Crippen LogP contribution in [-0.2, 0) is 17.6 Å². The minimum Gasteiger partial charge on any atom is -0.465 e. The molecule has 2 rings (SSSR count). The molecule has 0 aliphatic rings. The Morgan fingerprint density at radius 2 is 1.57 bits per heavy atom. The molecule has 30 heavy (non-hydrogen) atoms. The summed E-state index contributed by atoms with van der Waals surface area (Å²) >= 11 is 0. The molecule has 0 atom stereocenters. The van der Waals surface area contributed by atoms with Crippen LogP contribution in [0.5, 0.6) is 0 Å². The molecule has 0 saturated heterocycles. The molecule has 3 N–H and O–H groups in total. The van der Waals surface area contributed by atoms with Crippen molar-refractivity contribution in [2.75, 3.05) is 34.3 Å². The highest BCUT2D eigenvalue weighted by Gasteiger charge is 2.05. The number of halogens is 1. The van der Waals surface area contributed by atoms with Crippen molar-refractivity contribution in [2.45, 2.75) is 12.8 Å². The average molecular weight is 524 g/mol. The van der Waals surface area contributed by atoms with Crippen molar-refractivity contribution in [3.05, 3.63) is 70.8 Å². The monoisotopic (exact) mass is 524 g/mol. The summed E-state index contributed by atoms with van der Waals surface area (Å²) in [6.07, 6.45) is 1.58. The Bertz CT molecular complexity index is 854. The molecule has 0 radical (unpaired) electrons. The first-order valence-corrected chi connectivity index (χ1v) is 9.50. The van der Waals surface area contributed by atoms with E-state index < -0.39 is 0 Å². The van der Waals surface area contributed by atoms with E-state index in [0.717, 1.165) is 29.9 Å². The summed E-state index contributed by atoms with van der Waals surface area (Å²) in [6.45, 7) is 1.41. The number of rotatable bonds is 8. The summed E-state index contributed by atoms with van der Waals surface area (Å²) in [5.74, 6) is 0.302. The van der Waals surface area contributed by atoms with Crippen molar-refractivity contribution < 1.29 is 14.3 Å². The van der Waals surface area contributed by atoms with Gasteiger partial charge < -0.3 is 20.7 Å². The fourth-order valence-corrected chi connectivity index (χ4v) is 2.81. The highest BCUT2D eigenvalue weighted by Crippen LogP contribution is 2.07. The molecule has 7 nitrogen and oxygen atoms in total. The van der Waals surface area contributed by atoms with E-state index in [4.69, 9.17) is 4.74 Å². The fourth-order valence-electron chi connectivity index (χ4n) is 2.81. The van der Waals surface area contributed by atoms with Crippen molar-refractivity contribution in [1.82, 2.24) is 16.0 Å². The number of esters is 1. The molecule has 0 aliphatic heterocycles. The number of ether oxygens (including phenoxy) is 1. The zero-order chi connectivity index (χ0) is 21.1. The van der Waals surface area contributed by atoms with Crippen LogP contribution in [-0.4, -0.2) is 52.1 Å². The van der Waals surface area contributed by atoms with Crippen molar-refractivity contribution in [1.29, 1.82) is 0 Å². The van der Waals surface area contributed by atoms with Gasteiger partial charge in [0.1, 0.15) is 0 Å². The van der Waals surface area contributed by atoms with E-state index in [0.29, 0.717) is 24.2 Å². The number of guanidine groups is 1. The molecule has 0 spiro atoms. The van der Waals surface area contributed by atoms with E-state index in [9.17, 15) is 9.59 Å². The Balaban J connectivity index is 0.00000450. The number of amides is 1. The number of aliphatic imine (C=N–C) groups is 1. The summed E-state index contributed by atoms with van der Waals surface area (Å²) in [4.78, 5) is 27.4. The number of carbonyl (C=O) groups excluding carboxylic acids is 2. The minimum atomic E-state index is -0.333. The Labute approximate surface area is 194 Å². The first kappa shape index (κ1) is 25.4. The van der Waals surface area contributed by atoms with Gasteiger partial charge in [0.05, 0.1) is 12.7 Å². The van der Waals surface area contributed by atoms with Gasteiger partial charge >= 0.3 is 5.97 Å². The quantitative estimate of drug-likeness (QED) is 0.214. The van der Waals surface area contributed by atoms with Gasteiger partial charge in [-0.25, -0.2) is 4.79 Å². The number of methoxy groups -OCH3 is 1. The molecule has 0 heterocycles. The van der Waals surface area contributed by atoms with Gasteiger partial charge in [0.2, 0.25) is 0 Å². The molecule has 0 bridgehead atoms. The lowest BCUT2D eigenvalue weighted by atomic mass is 10.1.